The van der Waals surface area contributed by atoms with E-state index in [0.717, 1.165) is 83.5 Å². The Hall–Kier alpha value is -2.81. The standard InChI is InChI=1S/C75H136NO8P/c1-6-8-10-12-14-16-18-20-22-24-26-28-30-32-33-34-35-36-37-38-39-40-41-42-44-45-47-49-51-53-55-57-59-61-63-65-67-74(77)81-71-73(72-83-85(79,80)82-70-69-76(3,4)5)84-75(78)68-66-64-62-60-58-56-54-52-50-48-46-43-31-29-27-25-23-21-19-17-15-13-11-9-7-2/h9,11,15,17,21,23,27,29,43,46,50,52,56,58,73H,6-8,10,12-14,16,18-20,22,24-26,28,30-42,44-45,47-49,51,53-55,57,59-72H2,1-5H3/p+1/b11-9-,17-15-,23-21-,29-27-,46-43-,52-50-,58-56-. The number of esters is 2. The summed E-state index contributed by atoms with van der Waals surface area (Å²) < 4.78 is 34.7. The summed E-state index contributed by atoms with van der Waals surface area (Å²) in [6.45, 7) is 4.32. The number of carbonyl (C=O) groups is 2. The fourth-order valence-electron chi connectivity index (χ4n) is 10.2. The monoisotopic (exact) mass is 1210 g/mol. The molecule has 0 aromatic rings. The van der Waals surface area contributed by atoms with Crippen molar-refractivity contribution >= 4 is 19.8 Å². The Morgan fingerprint density at radius 1 is 0.376 bits per heavy atom. The van der Waals surface area contributed by atoms with Crippen molar-refractivity contribution in [1.82, 2.24) is 0 Å². The number of ether oxygens (including phenoxy) is 2. The molecule has 0 aromatic carbocycles. The van der Waals surface area contributed by atoms with Crippen LogP contribution >= 0.6 is 7.82 Å². The van der Waals surface area contributed by atoms with Crippen molar-refractivity contribution in [3.8, 4) is 0 Å². The van der Waals surface area contributed by atoms with E-state index in [2.05, 4.69) is 98.9 Å². The summed E-state index contributed by atoms with van der Waals surface area (Å²) in [7, 11) is 1.45. The van der Waals surface area contributed by atoms with Gasteiger partial charge in [-0.2, -0.15) is 0 Å². The van der Waals surface area contributed by atoms with Crippen LogP contribution in [0.3, 0.4) is 0 Å². The van der Waals surface area contributed by atoms with Crippen molar-refractivity contribution in [2.24, 2.45) is 0 Å². The van der Waals surface area contributed by atoms with Crippen molar-refractivity contribution < 1.29 is 42.1 Å². The summed E-state index contributed by atoms with van der Waals surface area (Å²) in [6.07, 6.45) is 90.0. The molecule has 0 bridgehead atoms. The molecular formula is C75H137NO8P+. The second-order valence-electron chi connectivity index (χ2n) is 25.3. The van der Waals surface area contributed by atoms with Crippen molar-refractivity contribution in [2.45, 2.75) is 335 Å². The van der Waals surface area contributed by atoms with Crippen LogP contribution in [0.2, 0.25) is 0 Å². The molecule has 0 spiro atoms. The minimum Gasteiger partial charge on any atom is -0.462 e. The van der Waals surface area contributed by atoms with E-state index in [0.29, 0.717) is 17.4 Å². The average molecular weight is 1210 g/mol. The topological polar surface area (TPSA) is 108 Å². The minimum atomic E-state index is -4.41. The number of likely N-dealkylation sites (N-methyl/N-ethyl adjacent to an activating group) is 1. The maximum absolute atomic E-state index is 12.8. The molecule has 0 aliphatic rings. The van der Waals surface area contributed by atoms with Crippen molar-refractivity contribution in [3.05, 3.63) is 85.1 Å². The van der Waals surface area contributed by atoms with E-state index in [1.54, 1.807) is 0 Å². The summed E-state index contributed by atoms with van der Waals surface area (Å²) >= 11 is 0. The Kier molecular flexibility index (Phi) is 63.5. The Balaban J connectivity index is 4.02. The molecule has 0 amide bonds. The van der Waals surface area contributed by atoms with Crippen LogP contribution in [0.4, 0.5) is 0 Å². The number of hydrogen-bond donors (Lipinski definition) is 1. The van der Waals surface area contributed by atoms with Gasteiger partial charge in [0.15, 0.2) is 6.10 Å². The second-order valence-corrected chi connectivity index (χ2v) is 26.7. The van der Waals surface area contributed by atoms with Gasteiger partial charge in [0.2, 0.25) is 0 Å². The highest BCUT2D eigenvalue weighted by Gasteiger charge is 2.27. The highest BCUT2D eigenvalue weighted by molar-refractivity contribution is 7.47. The van der Waals surface area contributed by atoms with Crippen LogP contribution in [0.15, 0.2) is 85.1 Å². The van der Waals surface area contributed by atoms with Crippen LogP contribution in [0.25, 0.3) is 0 Å². The summed E-state index contributed by atoms with van der Waals surface area (Å²) in [5.41, 5.74) is 0. The van der Waals surface area contributed by atoms with Crippen LogP contribution in [0.1, 0.15) is 328 Å². The molecule has 9 nitrogen and oxygen atoms in total. The first kappa shape index (κ1) is 82.2. The van der Waals surface area contributed by atoms with Gasteiger partial charge < -0.3 is 18.9 Å². The lowest BCUT2D eigenvalue weighted by molar-refractivity contribution is -0.870. The predicted octanol–water partition coefficient (Wildman–Crippen LogP) is 23.3. The molecule has 2 unspecified atom stereocenters. The number of hydrogen-bond acceptors (Lipinski definition) is 7. The van der Waals surface area contributed by atoms with E-state index in [4.69, 9.17) is 18.5 Å². The van der Waals surface area contributed by atoms with E-state index in [1.165, 1.54) is 212 Å². The molecule has 10 heteroatoms. The molecule has 0 rings (SSSR count). The molecule has 0 radical (unpaired) electrons. The van der Waals surface area contributed by atoms with Gasteiger partial charge >= 0.3 is 19.8 Å². The van der Waals surface area contributed by atoms with Gasteiger partial charge in [0.05, 0.1) is 27.7 Å². The lowest BCUT2D eigenvalue weighted by Gasteiger charge is -2.24. The fourth-order valence-corrected chi connectivity index (χ4v) is 11.0. The number of phosphoric acid groups is 1. The molecule has 0 fully saturated rings. The molecule has 0 aliphatic carbocycles. The normalized spacial score (nSPS) is 13.6. The number of phosphoric ester groups is 1. The van der Waals surface area contributed by atoms with Crippen molar-refractivity contribution in [2.75, 3.05) is 47.5 Å². The zero-order valence-corrected chi connectivity index (χ0v) is 57.2. The van der Waals surface area contributed by atoms with E-state index in [9.17, 15) is 19.0 Å². The van der Waals surface area contributed by atoms with Crippen LogP contribution in [0.5, 0.6) is 0 Å². The predicted molar refractivity (Wildman–Crippen MR) is 367 cm³/mol. The van der Waals surface area contributed by atoms with Gasteiger partial charge in [-0.3, -0.25) is 18.6 Å². The number of quaternary nitrogens is 1. The molecule has 0 aliphatic heterocycles. The first-order valence-electron chi connectivity index (χ1n) is 35.8. The first-order chi connectivity index (χ1) is 41.5. The van der Waals surface area contributed by atoms with Gasteiger partial charge in [-0.25, -0.2) is 4.57 Å². The number of carbonyl (C=O) groups excluding carboxylic acids is 2. The Labute approximate surface area is 526 Å². The summed E-state index contributed by atoms with van der Waals surface area (Å²) in [5.74, 6) is -0.828. The highest BCUT2D eigenvalue weighted by atomic mass is 31.2. The quantitative estimate of drug-likeness (QED) is 0.0211. The van der Waals surface area contributed by atoms with E-state index in [1.807, 2.05) is 21.1 Å². The molecule has 0 saturated heterocycles. The average Bonchev–Trinajstić information content (AvgIpc) is 3.54. The number of unbranched alkanes of at least 4 members (excludes halogenated alkanes) is 38. The zero-order chi connectivity index (χ0) is 61.9. The Morgan fingerprint density at radius 2 is 0.671 bits per heavy atom. The van der Waals surface area contributed by atoms with Crippen LogP contribution in [-0.4, -0.2) is 74.9 Å². The summed E-state index contributed by atoms with van der Waals surface area (Å²) in [6, 6.07) is 0. The van der Waals surface area contributed by atoms with Gasteiger partial charge in [-0.1, -0.05) is 330 Å². The SMILES string of the molecule is CC/C=C\C/C=C\C/C=C\C/C=C\C/C=C\C/C=C\C/C=C\CCCCCC(=O)OC(COC(=O)CCCCCCCCCCCCCCCCCCCCCCCCCCCCCCCCCCCCCC)COP(=O)(O)OCC[N+](C)(C)C. The number of nitrogens with zero attached hydrogens (tertiary/aromatic N) is 1. The maximum Gasteiger partial charge on any atom is 0.472 e. The summed E-state index contributed by atoms with van der Waals surface area (Å²) in [5, 5.41) is 0. The lowest BCUT2D eigenvalue weighted by Crippen LogP contribution is -2.37. The van der Waals surface area contributed by atoms with Crippen molar-refractivity contribution in [3.63, 3.8) is 0 Å². The zero-order valence-electron chi connectivity index (χ0n) is 56.3. The van der Waals surface area contributed by atoms with Crippen LogP contribution < -0.4 is 0 Å². The second kappa shape index (κ2) is 65.6. The molecule has 1 N–H and O–H groups in total. The van der Waals surface area contributed by atoms with E-state index < -0.39 is 26.5 Å². The molecule has 0 heterocycles. The first-order valence-corrected chi connectivity index (χ1v) is 37.3. The van der Waals surface area contributed by atoms with E-state index in [-0.39, 0.29) is 32.0 Å². The molecule has 85 heavy (non-hydrogen) atoms. The maximum atomic E-state index is 12.8. The van der Waals surface area contributed by atoms with Gasteiger partial charge in [0, 0.05) is 12.8 Å². The van der Waals surface area contributed by atoms with E-state index >= 15 is 0 Å². The molecule has 2 atom stereocenters. The third kappa shape index (κ3) is 70.2. The summed E-state index contributed by atoms with van der Waals surface area (Å²) in [4.78, 5) is 35.8. The molecule has 494 valence electrons. The highest BCUT2D eigenvalue weighted by Crippen LogP contribution is 2.43. The van der Waals surface area contributed by atoms with Gasteiger partial charge in [-0.05, 0) is 70.6 Å². The largest absolute Gasteiger partial charge is 0.472 e. The van der Waals surface area contributed by atoms with Crippen molar-refractivity contribution in [1.29, 1.82) is 0 Å². The molecule has 0 aromatic heterocycles. The molecular weight excluding hydrogens is 1070 g/mol. The van der Waals surface area contributed by atoms with Gasteiger partial charge in [0.1, 0.15) is 19.8 Å². The van der Waals surface area contributed by atoms with Crippen LogP contribution in [-0.2, 0) is 32.7 Å². The third-order valence-electron chi connectivity index (χ3n) is 15.7. The Morgan fingerprint density at radius 3 is 1.00 bits per heavy atom. The lowest BCUT2D eigenvalue weighted by atomic mass is 10.0. The van der Waals surface area contributed by atoms with Gasteiger partial charge in [-0.15, -0.1) is 0 Å². The molecule has 0 saturated carbocycles. The van der Waals surface area contributed by atoms with Gasteiger partial charge in [0.25, 0.3) is 0 Å². The minimum absolute atomic E-state index is 0.0220. The fraction of sp³-hybridized carbons (Fsp3) is 0.787. The van der Waals surface area contributed by atoms with Crippen LogP contribution in [0, 0.1) is 0 Å². The smallest absolute Gasteiger partial charge is 0.462 e. The Bertz CT molecular complexity index is 1710. The number of allylic oxidation sites excluding steroid dienone is 14. The number of rotatable bonds is 66. The third-order valence-corrected chi connectivity index (χ3v) is 16.7.